The molecule has 6 unspecified atom stereocenters. The first-order valence-electron chi connectivity index (χ1n) is 5.53. The number of amides is 1. The Morgan fingerprint density at radius 2 is 1.82 bits per heavy atom. The molecule has 0 radical (unpaired) electrons. The lowest BCUT2D eigenvalue weighted by Crippen LogP contribution is -2.60. The summed E-state index contributed by atoms with van der Waals surface area (Å²) in [5, 5.41) is 40.3. The molecule has 17 heavy (non-hydrogen) atoms. The average molecular weight is 249 g/mol. The molecule has 1 fully saturated rings. The lowest BCUT2D eigenvalue weighted by atomic mass is 9.87. The Bertz CT molecular complexity index is 274. The number of hydrogen-bond acceptors (Lipinski definition) is 6. The zero-order valence-electron chi connectivity index (χ0n) is 9.78. The molecule has 7 heteroatoms. The van der Waals surface area contributed by atoms with Crippen molar-refractivity contribution in [1.82, 2.24) is 5.32 Å². The fourth-order valence-electron chi connectivity index (χ4n) is 1.97. The lowest BCUT2D eigenvalue weighted by molar-refractivity contribution is -0.289. The molecule has 0 saturated carbocycles. The number of rotatable bonds is 3. The van der Waals surface area contributed by atoms with Crippen LogP contribution in [-0.2, 0) is 9.53 Å². The van der Waals surface area contributed by atoms with Crippen LogP contribution in [0.1, 0.15) is 13.3 Å². The number of carbonyl (C=O) groups is 1. The van der Waals surface area contributed by atoms with Crippen molar-refractivity contribution in [2.45, 2.75) is 44.1 Å². The van der Waals surface area contributed by atoms with Crippen LogP contribution in [0.5, 0.6) is 0 Å². The van der Waals surface area contributed by atoms with Gasteiger partial charge in [-0.1, -0.05) is 6.92 Å². The Morgan fingerprint density at radius 1 is 1.24 bits per heavy atom. The van der Waals surface area contributed by atoms with E-state index in [4.69, 9.17) is 4.74 Å². The fourth-order valence-corrected chi connectivity index (χ4v) is 1.97. The fraction of sp³-hybridized carbons (Fsp3) is 0.900. The zero-order valence-corrected chi connectivity index (χ0v) is 9.78. The van der Waals surface area contributed by atoms with Crippen LogP contribution in [0.25, 0.3) is 0 Å². The van der Waals surface area contributed by atoms with Gasteiger partial charge in [-0.25, -0.2) is 0 Å². The second kappa shape index (κ2) is 5.74. The molecule has 0 spiro atoms. The summed E-state index contributed by atoms with van der Waals surface area (Å²) in [7, 11) is 1.45. The summed E-state index contributed by atoms with van der Waals surface area (Å²) < 4.78 is 4.99. The monoisotopic (exact) mass is 249 g/mol. The van der Waals surface area contributed by atoms with Gasteiger partial charge in [-0.15, -0.1) is 0 Å². The van der Waals surface area contributed by atoms with E-state index in [1.807, 2.05) is 0 Å². The van der Waals surface area contributed by atoms with Crippen molar-refractivity contribution in [2.75, 3.05) is 7.05 Å². The van der Waals surface area contributed by atoms with Crippen LogP contribution >= 0.6 is 0 Å². The zero-order chi connectivity index (χ0) is 13.2. The van der Waals surface area contributed by atoms with Crippen molar-refractivity contribution in [1.29, 1.82) is 0 Å². The highest BCUT2D eigenvalue weighted by Gasteiger charge is 2.47. The number of aliphatic hydroxyl groups excluding tert-OH is 4. The van der Waals surface area contributed by atoms with Crippen molar-refractivity contribution >= 4 is 5.91 Å². The second-order valence-electron chi connectivity index (χ2n) is 4.09. The average Bonchev–Trinajstić information content (AvgIpc) is 2.33. The number of aliphatic hydroxyl groups is 4. The van der Waals surface area contributed by atoms with E-state index in [0.717, 1.165) is 0 Å². The Morgan fingerprint density at radius 3 is 2.29 bits per heavy atom. The van der Waals surface area contributed by atoms with E-state index in [1.54, 1.807) is 6.92 Å². The van der Waals surface area contributed by atoms with Crippen LogP contribution in [0, 0.1) is 5.92 Å². The van der Waals surface area contributed by atoms with E-state index in [9.17, 15) is 25.2 Å². The molecule has 7 nitrogen and oxygen atoms in total. The van der Waals surface area contributed by atoms with Gasteiger partial charge >= 0.3 is 0 Å². The molecule has 100 valence electrons. The van der Waals surface area contributed by atoms with Crippen LogP contribution in [0.2, 0.25) is 0 Å². The van der Waals surface area contributed by atoms with Gasteiger partial charge in [0.15, 0.2) is 6.29 Å². The summed E-state index contributed by atoms with van der Waals surface area (Å²) in [5.74, 6) is -1.06. The van der Waals surface area contributed by atoms with Gasteiger partial charge in [0.1, 0.15) is 24.4 Å². The molecule has 0 aromatic heterocycles. The molecule has 1 aliphatic heterocycles. The molecule has 0 aliphatic carbocycles. The Hall–Kier alpha value is -0.730. The van der Waals surface area contributed by atoms with Crippen LogP contribution in [0.4, 0.5) is 0 Å². The minimum Gasteiger partial charge on any atom is -0.388 e. The van der Waals surface area contributed by atoms with E-state index in [2.05, 4.69) is 5.32 Å². The Kier molecular flexibility index (Phi) is 4.84. The molecule has 0 bridgehead atoms. The highest BCUT2D eigenvalue weighted by atomic mass is 16.6. The summed E-state index contributed by atoms with van der Waals surface area (Å²) in [5.41, 5.74) is 0. The summed E-state index contributed by atoms with van der Waals surface area (Å²) in [6.45, 7) is 1.72. The van der Waals surface area contributed by atoms with Gasteiger partial charge in [-0.2, -0.15) is 0 Å². The third kappa shape index (κ3) is 2.75. The lowest BCUT2D eigenvalue weighted by Gasteiger charge is -2.40. The predicted molar refractivity (Wildman–Crippen MR) is 56.7 cm³/mol. The van der Waals surface area contributed by atoms with Gasteiger partial charge in [-0.3, -0.25) is 4.79 Å². The van der Waals surface area contributed by atoms with Gasteiger partial charge in [-0.05, 0) is 6.42 Å². The van der Waals surface area contributed by atoms with Crippen LogP contribution in [-0.4, -0.2) is 64.1 Å². The van der Waals surface area contributed by atoms with Crippen molar-refractivity contribution in [3.05, 3.63) is 0 Å². The van der Waals surface area contributed by atoms with Gasteiger partial charge in [0.05, 0.1) is 5.92 Å². The summed E-state index contributed by atoms with van der Waals surface area (Å²) >= 11 is 0. The summed E-state index contributed by atoms with van der Waals surface area (Å²) in [4.78, 5) is 11.6. The summed E-state index contributed by atoms with van der Waals surface area (Å²) in [6.07, 6.45) is -6.83. The topological polar surface area (TPSA) is 119 Å². The van der Waals surface area contributed by atoms with Gasteiger partial charge in [0, 0.05) is 7.05 Å². The van der Waals surface area contributed by atoms with Crippen molar-refractivity contribution in [3.8, 4) is 0 Å². The normalized spacial score (nSPS) is 39.8. The molecule has 0 aromatic rings. The van der Waals surface area contributed by atoms with Crippen LogP contribution in [0.15, 0.2) is 0 Å². The van der Waals surface area contributed by atoms with Gasteiger partial charge in [0.2, 0.25) is 5.91 Å². The molecule has 1 saturated heterocycles. The maximum absolute atomic E-state index is 11.6. The standard InChI is InChI=1S/C10H19NO6/c1-3-4(9(15)11-2)8-6(13)5(12)7(14)10(16)17-8/h4-8,10,12-14,16H,3H2,1-2H3,(H,11,15). The van der Waals surface area contributed by atoms with E-state index < -0.39 is 36.6 Å². The number of nitrogens with one attached hydrogen (secondary N) is 1. The molecule has 1 rings (SSSR count). The highest BCUT2D eigenvalue weighted by molar-refractivity contribution is 5.79. The first-order valence-corrected chi connectivity index (χ1v) is 5.53. The highest BCUT2D eigenvalue weighted by Crippen LogP contribution is 2.26. The largest absolute Gasteiger partial charge is 0.388 e. The first-order chi connectivity index (χ1) is 7.93. The quantitative estimate of drug-likeness (QED) is 0.379. The third-order valence-corrected chi connectivity index (χ3v) is 3.04. The Balaban J connectivity index is 2.85. The number of carbonyl (C=O) groups excluding carboxylic acids is 1. The van der Waals surface area contributed by atoms with Crippen LogP contribution < -0.4 is 5.32 Å². The number of hydrogen-bond donors (Lipinski definition) is 5. The molecule has 1 amide bonds. The molecule has 5 N–H and O–H groups in total. The predicted octanol–water partition coefficient (Wildman–Crippen LogP) is -2.44. The van der Waals surface area contributed by atoms with Crippen LogP contribution in [0.3, 0.4) is 0 Å². The SMILES string of the molecule is CCC(C(=O)NC)C1OC(O)C(O)C(O)C1O. The molecular formula is C10H19NO6. The maximum atomic E-state index is 11.6. The van der Waals surface area contributed by atoms with E-state index in [1.165, 1.54) is 7.05 Å². The minimum atomic E-state index is -1.61. The van der Waals surface area contributed by atoms with E-state index in [-0.39, 0.29) is 5.91 Å². The van der Waals surface area contributed by atoms with Gasteiger partial charge in [0.25, 0.3) is 0 Å². The molecule has 1 aliphatic rings. The Labute approximate surface area is 99.0 Å². The maximum Gasteiger partial charge on any atom is 0.225 e. The van der Waals surface area contributed by atoms with Crippen molar-refractivity contribution < 1.29 is 30.0 Å². The minimum absolute atomic E-state index is 0.354. The van der Waals surface area contributed by atoms with Crippen molar-refractivity contribution in [2.24, 2.45) is 5.92 Å². The molecule has 1 heterocycles. The van der Waals surface area contributed by atoms with Gasteiger partial charge < -0.3 is 30.5 Å². The number of ether oxygens (including phenoxy) is 1. The van der Waals surface area contributed by atoms with Crippen molar-refractivity contribution in [3.63, 3.8) is 0 Å². The first kappa shape index (κ1) is 14.3. The smallest absolute Gasteiger partial charge is 0.225 e. The van der Waals surface area contributed by atoms with E-state index >= 15 is 0 Å². The molecule has 6 atom stereocenters. The summed E-state index contributed by atoms with van der Waals surface area (Å²) in [6, 6.07) is 0. The molecule has 0 aromatic carbocycles. The molecular weight excluding hydrogens is 230 g/mol. The third-order valence-electron chi connectivity index (χ3n) is 3.04. The second-order valence-corrected chi connectivity index (χ2v) is 4.09. The van der Waals surface area contributed by atoms with E-state index in [0.29, 0.717) is 6.42 Å².